The molecular weight excluding hydrogens is 196 g/mol. The number of ketones is 1. The number of carbonyl (C=O) groups excluding carboxylic acids is 2. The molecule has 2 N–H and O–H groups in total. The summed E-state index contributed by atoms with van der Waals surface area (Å²) >= 11 is 0. The first-order valence-electron chi connectivity index (χ1n) is 4.55. The van der Waals surface area contributed by atoms with Crippen molar-refractivity contribution in [2.45, 2.75) is 6.92 Å². The molecule has 0 aliphatic rings. The van der Waals surface area contributed by atoms with Crippen molar-refractivity contribution in [2.75, 3.05) is 13.2 Å². The van der Waals surface area contributed by atoms with E-state index in [2.05, 4.69) is 4.98 Å². The normalized spacial score (nSPS) is 9.73. The van der Waals surface area contributed by atoms with Gasteiger partial charge in [0.25, 0.3) is 0 Å². The highest BCUT2D eigenvalue weighted by atomic mass is 16.5. The number of esters is 1. The van der Waals surface area contributed by atoms with E-state index in [0.717, 1.165) is 0 Å². The van der Waals surface area contributed by atoms with Gasteiger partial charge in [-0.15, -0.1) is 0 Å². The van der Waals surface area contributed by atoms with Crippen LogP contribution in [0.25, 0.3) is 0 Å². The molecule has 0 spiro atoms. The zero-order chi connectivity index (χ0) is 11.3. The molecule has 1 aromatic rings. The molecule has 0 bridgehead atoms. The topological polar surface area (TPSA) is 82.3 Å². The number of hydrogen-bond donors (Lipinski definition) is 1. The Kier molecular flexibility index (Phi) is 3.93. The van der Waals surface area contributed by atoms with E-state index >= 15 is 0 Å². The lowest BCUT2D eigenvalue weighted by molar-refractivity contribution is 0.0519. The third kappa shape index (κ3) is 2.85. The SMILES string of the molecule is CCOC(=O)c1ccc(C(=O)CN)cn1. The van der Waals surface area contributed by atoms with Crippen LogP contribution in [-0.4, -0.2) is 29.9 Å². The van der Waals surface area contributed by atoms with Gasteiger partial charge in [0.15, 0.2) is 5.78 Å². The van der Waals surface area contributed by atoms with Crippen molar-refractivity contribution < 1.29 is 14.3 Å². The smallest absolute Gasteiger partial charge is 0.356 e. The zero-order valence-electron chi connectivity index (χ0n) is 8.40. The maximum atomic E-state index is 11.2. The number of nitrogens with zero attached hydrogens (tertiary/aromatic N) is 1. The molecule has 5 nitrogen and oxygen atoms in total. The highest BCUT2D eigenvalue weighted by Crippen LogP contribution is 2.02. The summed E-state index contributed by atoms with van der Waals surface area (Å²) in [6, 6.07) is 2.95. The van der Waals surface area contributed by atoms with Crippen LogP contribution in [0, 0.1) is 0 Å². The minimum Gasteiger partial charge on any atom is -0.461 e. The number of hydrogen-bond acceptors (Lipinski definition) is 5. The Morgan fingerprint density at radius 2 is 2.20 bits per heavy atom. The fourth-order valence-electron chi connectivity index (χ4n) is 1.00. The van der Waals surface area contributed by atoms with Crippen molar-refractivity contribution in [3.63, 3.8) is 0 Å². The van der Waals surface area contributed by atoms with Crippen molar-refractivity contribution in [2.24, 2.45) is 5.73 Å². The van der Waals surface area contributed by atoms with Crippen molar-refractivity contribution in [3.8, 4) is 0 Å². The highest BCUT2D eigenvalue weighted by Gasteiger charge is 2.09. The van der Waals surface area contributed by atoms with E-state index < -0.39 is 5.97 Å². The molecule has 0 radical (unpaired) electrons. The number of nitrogens with two attached hydrogens (primary N) is 1. The number of ether oxygens (including phenoxy) is 1. The summed E-state index contributed by atoms with van der Waals surface area (Å²) in [6.45, 7) is 1.94. The van der Waals surface area contributed by atoms with Gasteiger partial charge in [0, 0.05) is 11.8 Å². The van der Waals surface area contributed by atoms with Crippen LogP contribution < -0.4 is 5.73 Å². The van der Waals surface area contributed by atoms with Gasteiger partial charge in [-0.25, -0.2) is 9.78 Å². The van der Waals surface area contributed by atoms with E-state index in [1.165, 1.54) is 18.3 Å². The van der Waals surface area contributed by atoms with E-state index in [4.69, 9.17) is 10.5 Å². The summed E-state index contributed by atoms with van der Waals surface area (Å²) in [7, 11) is 0. The Bertz CT molecular complexity index is 359. The van der Waals surface area contributed by atoms with Gasteiger partial charge in [-0.3, -0.25) is 4.79 Å². The monoisotopic (exact) mass is 208 g/mol. The minimum absolute atomic E-state index is 0.0690. The molecule has 0 amide bonds. The van der Waals surface area contributed by atoms with Crippen LogP contribution in [0.5, 0.6) is 0 Å². The zero-order valence-corrected chi connectivity index (χ0v) is 8.40. The van der Waals surface area contributed by atoms with E-state index in [9.17, 15) is 9.59 Å². The predicted molar refractivity (Wildman–Crippen MR) is 53.6 cm³/mol. The largest absolute Gasteiger partial charge is 0.461 e. The summed E-state index contributed by atoms with van der Waals surface area (Å²) in [4.78, 5) is 26.2. The second kappa shape index (κ2) is 5.21. The number of rotatable bonds is 4. The number of Topliss-reactive ketones (excluding diaryl/α,β-unsaturated/α-hetero) is 1. The summed E-state index contributed by atoms with van der Waals surface area (Å²) in [5.41, 5.74) is 5.76. The van der Waals surface area contributed by atoms with Gasteiger partial charge in [0.05, 0.1) is 13.2 Å². The third-order valence-electron chi connectivity index (χ3n) is 1.76. The van der Waals surface area contributed by atoms with Gasteiger partial charge in [-0.1, -0.05) is 0 Å². The predicted octanol–water partition coefficient (Wildman–Crippen LogP) is 0.400. The van der Waals surface area contributed by atoms with Crippen LogP contribution in [-0.2, 0) is 4.74 Å². The van der Waals surface area contributed by atoms with Gasteiger partial charge in [-0.05, 0) is 19.1 Å². The molecule has 0 aliphatic carbocycles. The van der Waals surface area contributed by atoms with Gasteiger partial charge >= 0.3 is 5.97 Å². The minimum atomic E-state index is -0.496. The summed E-state index contributed by atoms with van der Waals surface area (Å²) in [5.74, 6) is -0.706. The number of pyridine rings is 1. The second-order valence-electron chi connectivity index (χ2n) is 2.78. The summed E-state index contributed by atoms with van der Waals surface area (Å²) in [6.07, 6.45) is 1.32. The number of carbonyl (C=O) groups is 2. The molecule has 0 atom stereocenters. The maximum Gasteiger partial charge on any atom is 0.356 e. The average molecular weight is 208 g/mol. The van der Waals surface area contributed by atoms with Gasteiger partial charge in [0.2, 0.25) is 0 Å². The second-order valence-corrected chi connectivity index (χ2v) is 2.78. The van der Waals surface area contributed by atoms with Crippen LogP contribution in [0.1, 0.15) is 27.8 Å². The van der Waals surface area contributed by atoms with Crippen LogP contribution in [0.3, 0.4) is 0 Å². The molecule has 0 unspecified atom stereocenters. The lowest BCUT2D eigenvalue weighted by Gasteiger charge is -2.01. The maximum absolute atomic E-state index is 11.2. The first-order chi connectivity index (χ1) is 7.19. The van der Waals surface area contributed by atoms with Gasteiger partial charge in [-0.2, -0.15) is 0 Å². The Hall–Kier alpha value is -1.75. The molecule has 0 saturated heterocycles. The van der Waals surface area contributed by atoms with Gasteiger partial charge in [0.1, 0.15) is 5.69 Å². The fourth-order valence-corrected chi connectivity index (χ4v) is 1.00. The highest BCUT2D eigenvalue weighted by molar-refractivity contribution is 5.97. The molecule has 0 fully saturated rings. The molecule has 1 rings (SSSR count). The molecule has 80 valence electrons. The van der Waals surface area contributed by atoms with Crippen LogP contribution >= 0.6 is 0 Å². The van der Waals surface area contributed by atoms with Crippen molar-refractivity contribution >= 4 is 11.8 Å². The standard InChI is InChI=1S/C10H12N2O3/c1-2-15-10(14)8-4-3-7(6-12-8)9(13)5-11/h3-4,6H,2,5,11H2,1H3. The molecule has 0 aromatic carbocycles. The molecule has 5 heteroatoms. The Labute approximate surface area is 87.3 Å². The fraction of sp³-hybridized carbons (Fsp3) is 0.300. The van der Waals surface area contributed by atoms with Crippen LogP contribution in [0.4, 0.5) is 0 Å². The Morgan fingerprint density at radius 1 is 1.47 bits per heavy atom. The molecule has 1 aromatic heterocycles. The van der Waals surface area contributed by atoms with Crippen molar-refractivity contribution in [1.29, 1.82) is 0 Å². The first-order valence-corrected chi connectivity index (χ1v) is 4.55. The lowest BCUT2D eigenvalue weighted by Crippen LogP contribution is -2.14. The van der Waals surface area contributed by atoms with E-state index in [0.29, 0.717) is 12.2 Å². The summed E-state index contributed by atoms with van der Waals surface area (Å²) < 4.78 is 4.74. The molecule has 15 heavy (non-hydrogen) atoms. The van der Waals surface area contributed by atoms with E-state index in [-0.39, 0.29) is 18.0 Å². The lowest BCUT2D eigenvalue weighted by atomic mass is 10.2. The average Bonchev–Trinajstić information content (AvgIpc) is 2.28. The van der Waals surface area contributed by atoms with E-state index in [1.807, 2.05) is 0 Å². The van der Waals surface area contributed by atoms with Crippen LogP contribution in [0.2, 0.25) is 0 Å². The first kappa shape index (κ1) is 11.3. The quantitative estimate of drug-likeness (QED) is 0.572. The van der Waals surface area contributed by atoms with Crippen molar-refractivity contribution in [3.05, 3.63) is 29.6 Å². The molecule has 0 aliphatic heterocycles. The number of aromatic nitrogens is 1. The van der Waals surface area contributed by atoms with Gasteiger partial charge < -0.3 is 10.5 Å². The van der Waals surface area contributed by atoms with Crippen LogP contribution in [0.15, 0.2) is 18.3 Å². The van der Waals surface area contributed by atoms with E-state index in [1.54, 1.807) is 6.92 Å². The molecule has 0 saturated carbocycles. The Balaban J connectivity index is 2.80. The van der Waals surface area contributed by atoms with Crippen molar-refractivity contribution in [1.82, 2.24) is 4.98 Å². The molecular formula is C10H12N2O3. The summed E-state index contributed by atoms with van der Waals surface area (Å²) in [5, 5.41) is 0. The third-order valence-corrected chi connectivity index (χ3v) is 1.76. The molecule has 1 heterocycles. The Morgan fingerprint density at radius 3 is 2.67 bits per heavy atom.